The van der Waals surface area contributed by atoms with Crippen LogP contribution in [0.2, 0.25) is 0 Å². The highest BCUT2D eigenvalue weighted by molar-refractivity contribution is 7.13. The Balaban J connectivity index is 2.31. The molecule has 0 aliphatic carbocycles. The third-order valence-electron chi connectivity index (χ3n) is 2.57. The Labute approximate surface area is 105 Å². The maximum absolute atomic E-state index is 9.13. The molecule has 0 spiro atoms. The van der Waals surface area contributed by atoms with E-state index in [0.717, 1.165) is 16.3 Å². The van der Waals surface area contributed by atoms with Crippen molar-refractivity contribution in [2.24, 2.45) is 5.92 Å². The van der Waals surface area contributed by atoms with Gasteiger partial charge in [0.25, 0.3) is 0 Å². The first kappa shape index (κ1) is 11.7. The number of thiazole rings is 1. The lowest BCUT2D eigenvalue weighted by Crippen LogP contribution is -2.04. The molecule has 3 nitrogen and oxygen atoms in total. The van der Waals surface area contributed by atoms with Crippen LogP contribution in [0.15, 0.2) is 29.9 Å². The Morgan fingerprint density at radius 3 is 2.59 bits per heavy atom. The van der Waals surface area contributed by atoms with Crippen LogP contribution in [0.3, 0.4) is 0 Å². The van der Waals surface area contributed by atoms with E-state index in [1.165, 1.54) is 0 Å². The lowest BCUT2D eigenvalue weighted by atomic mass is 9.95. The first-order valence-corrected chi connectivity index (χ1v) is 6.35. The highest BCUT2D eigenvalue weighted by Crippen LogP contribution is 2.29. The van der Waals surface area contributed by atoms with Crippen molar-refractivity contribution in [2.45, 2.75) is 19.8 Å². The minimum absolute atomic E-state index is 0.123. The fourth-order valence-corrected chi connectivity index (χ4v) is 2.47. The third kappa shape index (κ3) is 2.51. The second kappa shape index (κ2) is 5.07. The van der Waals surface area contributed by atoms with E-state index >= 15 is 0 Å². The molecular weight excluding hydrogens is 230 g/mol. The van der Waals surface area contributed by atoms with Gasteiger partial charge in [-0.1, -0.05) is 13.8 Å². The highest BCUT2D eigenvalue weighted by atomic mass is 32.1. The average molecular weight is 243 g/mol. The molecule has 2 aromatic rings. The average Bonchev–Trinajstić information content (AvgIpc) is 2.80. The van der Waals surface area contributed by atoms with Gasteiger partial charge < -0.3 is 0 Å². The molecule has 0 saturated carbocycles. The van der Waals surface area contributed by atoms with E-state index in [2.05, 4.69) is 16.0 Å². The van der Waals surface area contributed by atoms with Gasteiger partial charge in [0.05, 0.1) is 17.7 Å². The van der Waals surface area contributed by atoms with Crippen molar-refractivity contribution in [2.75, 3.05) is 0 Å². The summed E-state index contributed by atoms with van der Waals surface area (Å²) in [5, 5.41) is 12.1. The molecule has 0 radical (unpaired) electrons. The number of nitriles is 1. The molecule has 0 amide bonds. The molecule has 1 unspecified atom stereocenters. The Bertz CT molecular complexity index is 525. The number of hydrogen-bond donors (Lipinski definition) is 0. The van der Waals surface area contributed by atoms with Gasteiger partial charge in [-0.2, -0.15) is 5.26 Å². The predicted molar refractivity (Wildman–Crippen MR) is 68.5 cm³/mol. The summed E-state index contributed by atoms with van der Waals surface area (Å²) >= 11 is 1.57. The lowest BCUT2D eigenvalue weighted by Gasteiger charge is -2.08. The summed E-state index contributed by atoms with van der Waals surface area (Å²) in [6.07, 6.45) is 3.50. The molecule has 0 aliphatic heterocycles. The largest absolute Gasteiger partial charge is 0.265 e. The van der Waals surface area contributed by atoms with Crippen LogP contribution in [0.1, 0.15) is 25.5 Å². The van der Waals surface area contributed by atoms with E-state index in [1.54, 1.807) is 23.7 Å². The van der Waals surface area contributed by atoms with Crippen molar-refractivity contribution in [3.8, 4) is 16.6 Å². The smallest absolute Gasteiger partial charge is 0.123 e. The number of aromatic nitrogens is 2. The van der Waals surface area contributed by atoms with Crippen LogP contribution in [-0.4, -0.2) is 9.97 Å². The number of rotatable bonds is 3. The first-order chi connectivity index (χ1) is 8.22. The van der Waals surface area contributed by atoms with Crippen LogP contribution in [-0.2, 0) is 0 Å². The zero-order valence-corrected chi connectivity index (χ0v) is 10.6. The second-order valence-electron chi connectivity index (χ2n) is 4.16. The maximum Gasteiger partial charge on any atom is 0.123 e. The summed E-state index contributed by atoms with van der Waals surface area (Å²) in [4.78, 5) is 8.52. The standard InChI is InChI=1S/C13H13N3S/c1-9(2)11(7-14)12-8-17-13(16-12)10-3-5-15-6-4-10/h3-6,8-9,11H,1-2H3. The molecule has 0 bridgehead atoms. The summed E-state index contributed by atoms with van der Waals surface area (Å²) < 4.78 is 0. The summed E-state index contributed by atoms with van der Waals surface area (Å²) in [5.74, 6) is 0.161. The molecule has 0 aromatic carbocycles. The molecule has 0 fully saturated rings. The summed E-state index contributed by atoms with van der Waals surface area (Å²) in [6.45, 7) is 4.08. The minimum atomic E-state index is -0.123. The van der Waals surface area contributed by atoms with Crippen LogP contribution < -0.4 is 0 Å². The molecule has 1 atom stereocenters. The molecule has 2 heterocycles. The quantitative estimate of drug-likeness (QED) is 0.829. The Kier molecular flexibility index (Phi) is 3.50. The second-order valence-corrected chi connectivity index (χ2v) is 5.02. The molecule has 2 rings (SSSR count). The van der Waals surface area contributed by atoms with Gasteiger partial charge in [-0.05, 0) is 18.1 Å². The van der Waals surface area contributed by atoms with Crippen molar-refractivity contribution < 1.29 is 0 Å². The normalized spacial score (nSPS) is 12.4. The van der Waals surface area contributed by atoms with Crippen molar-refractivity contribution in [3.63, 3.8) is 0 Å². The van der Waals surface area contributed by atoms with Crippen LogP contribution in [0.5, 0.6) is 0 Å². The van der Waals surface area contributed by atoms with Crippen LogP contribution in [0.25, 0.3) is 10.6 Å². The van der Waals surface area contributed by atoms with E-state index < -0.39 is 0 Å². The molecule has 0 aliphatic rings. The number of nitrogens with zero attached hydrogens (tertiary/aromatic N) is 3. The zero-order valence-electron chi connectivity index (χ0n) is 9.79. The maximum atomic E-state index is 9.13. The number of hydrogen-bond acceptors (Lipinski definition) is 4. The van der Waals surface area contributed by atoms with Gasteiger partial charge in [-0.25, -0.2) is 4.98 Å². The van der Waals surface area contributed by atoms with Crippen LogP contribution in [0, 0.1) is 17.2 Å². The van der Waals surface area contributed by atoms with Gasteiger partial charge in [-0.3, -0.25) is 4.98 Å². The first-order valence-electron chi connectivity index (χ1n) is 5.48. The van der Waals surface area contributed by atoms with Crippen molar-refractivity contribution in [3.05, 3.63) is 35.6 Å². The van der Waals surface area contributed by atoms with E-state index in [9.17, 15) is 0 Å². The van der Waals surface area contributed by atoms with Gasteiger partial charge in [0, 0.05) is 23.3 Å². The Morgan fingerprint density at radius 2 is 2.00 bits per heavy atom. The molecule has 0 N–H and O–H groups in total. The predicted octanol–water partition coefficient (Wildman–Crippen LogP) is 3.47. The van der Waals surface area contributed by atoms with Crippen LogP contribution in [0.4, 0.5) is 0 Å². The fourth-order valence-electron chi connectivity index (χ4n) is 1.61. The Morgan fingerprint density at radius 1 is 1.29 bits per heavy atom. The number of pyridine rings is 1. The van der Waals surface area contributed by atoms with Gasteiger partial charge in [0.1, 0.15) is 5.01 Å². The van der Waals surface area contributed by atoms with E-state index in [1.807, 2.05) is 31.4 Å². The monoisotopic (exact) mass is 243 g/mol. The molecule has 2 aromatic heterocycles. The molecule has 17 heavy (non-hydrogen) atoms. The Hall–Kier alpha value is -1.73. The van der Waals surface area contributed by atoms with Gasteiger partial charge >= 0.3 is 0 Å². The van der Waals surface area contributed by atoms with Crippen molar-refractivity contribution in [1.29, 1.82) is 5.26 Å². The van der Waals surface area contributed by atoms with Gasteiger partial charge in [0.2, 0.25) is 0 Å². The topological polar surface area (TPSA) is 49.6 Å². The summed E-state index contributed by atoms with van der Waals surface area (Å²) in [6, 6.07) is 6.17. The third-order valence-corrected chi connectivity index (χ3v) is 3.48. The minimum Gasteiger partial charge on any atom is -0.265 e. The lowest BCUT2D eigenvalue weighted by molar-refractivity contribution is 0.578. The van der Waals surface area contributed by atoms with E-state index in [0.29, 0.717) is 0 Å². The molecular formula is C13H13N3S. The van der Waals surface area contributed by atoms with E-state index in [4.69, 9.17) is 5.26 Å². The van der Waals surface area contributed by atoms with Gasteiger partial charge in [0.15, 0.2) is 0 Å². The molecule has 0 saturated heterocycles. The molecule has 4 heteroatoms. The zero-order chi connectivity index (χ0) is 12.3. The summed E-state index contributed by atoms with van der Waals surface area (Å²) in [5.41, 5.74) is 1.93. The van der Waals surface area contributed by atoms with E-state index in [-0.39, 0.29) is 11.8 Å². The van der Waals surface area contributed by atoms with Crippen molar-refractivity contribution in [1.82, 2.24) is 9.97 Å². The van der Waals surface area contributed by atoms with Crippen molar-refractivity contribution >= 4 is 11.3 Å². The summed E-state index contributed by atoms with van der Waals surface area (Å²) in [7, 11) is 0. The SMILES string of the molecule is CC(C)C(C#N)c1csc(-c2ccncc2)n1. The molecule has 86 valence electrons. The fraction of sp³-hybridized carbons (Fsp3) is 0.308. The highest BCUT2D eigenvalue weighted by Gasteiger charge is 2.18. The van der Waals surface area contributed by atoms with Gasteiger partial charge in [-0.15, -0.1) is 11.3 Å². The van der Waals surface area contributed by atoms with Crippen LogP contribution >= 0.6 is 11.3 Å².